The number of amides is 1. The van der Waals surface area contributed by atoms with Crippen molar-refractivity contribution < 1.29 is 31.9 Å². The number of aromatic nitrogens is 3. The minimum absolute atomic E-state index is 0.00325. The minimum Gasteiger partial charge on any atom is -0.388 e. The lowest BCUT2D eigenvalue weighted by Crippen LogP contribution is -2.45. The van der Waals surface area contributed by atoms with Crippen LogP contribution in [0.3, 0.4) is 0 Å². The van der Waals surface area contributed by atoms with E-state index in [-0.39, 0.29) is 40.8 Å². The van der Waals surface area contributed by atoms with Gasteiger partial charge in [0, 0.05) is 42.5 Å². The van der Waals surface area contributed by atoms with Crippen molar-refractivity contribution in [1.29, 1.82) is 0 Å². The molecule has 0 radical (unpaired) electrons. The second-order valence-corrected chi connectivity index (χ2v) is 10.9. The van der Waals surface area contributed by atoms with E-state index in [0.29, 0.717) is 18.8 Å². The first-order valence-corrected chi connectivity index (χ1v) is 12.6. The average Bonchev–Trinajstić information content (AvgIpc) is 3.15. The quantitative estimate of drug-likeness (QED) is 0.375. The Balaban J connectivity index is 1.92. The van der Waals surface area contributed by atoms with Gasteiger partial charge in [0.2, 0.25) is 0 Å². The first-order chi connectivity index (χ1) is 17.1. The van der Waals surface area contributed by atoms with Crippen molar-refractivity contribution >= 4 is 17.5 Å². The summed E-state index contributed by atoms with van der Waals surface area (Å²) in [6, 6.07) is 0.941. The maximum Gasteiger partial charge on any atom is 0.394 e. The largest absolute Gasteiger partial charge is 0.394 e. The highest BCUT2D eigenvalue weighted by atomic mass is 35.5. The van der Waals surface area contributed by atoms with Crippen molar-refractivity contribution in [2.45, 2.75) is 84.5 Å². The summed E-state index contributed by atoms with van der Waals surface area (Å²) in [6.07, 6.45) is -4.38. The summed E-state index contributed by atoms with van der Waals surface area (Å²) in [5, 5.41) is 17.4. The number of hydrogen-bond acceptors (Lipinski definition) is 4. The SMILES string of the molecule is CCn1nc(C(=O)NCC2(O)CCC(C)CC2)c(Cl)c1-c1cnc(CC(C)(C)C(F)(F)F)cc1C(F)F. The third kappa shape index (κ3) is 6.42. The molecular weight excluding hydrogens is 519 g/mol. The molecule has 1 saturated carbocycles. The number of halogens is 6. The van der Waals surface area contributed by atoms with E-state index in [2.05, 4.69) is 22.3 Å². The first kappa shape index (κ1) is 29.3. The molecule has 0 saturated heterocycles. The van der Waals surface area contributed by atoms with Crippen LogP contribution in [0.2, 0.25) is 5.02 Å². The minimum atomic E-state index is -4.55. The molecule has 12 heteroatoms. The van der Waals surface area contributed by atoms with Gasteiger partial charge in [-0.1, -0.05) is 32.4 Å². The van der Waals surface area contributed by atoms with Gasteiger partial charge < -0.3 is 10.4 Å². The van der Waals surface area contributed by atoms with Gasteiger partial charge >= 0.3 is 6.18 Å². The predicted octanol–water partition coefficient (Wildman–Crippen LogP) is 6.36. The molecule has 0 unspecified atom stereocenters. The molecule has 0 aliphatic heterocycles. The highest BCUT2D eigenvalue weighted by Gasteiger charge is 2.47. The number of carbonyl (C=O) groups is 1. The number of alkyl halides is 5. The van der Waals surface area contributed by atoms with Crippen LogP contribution in [-0.4, -0.2) is 44.1 Å². The molecule has 2 aromatic heterocycles. The number of nitrogens with one attached hydrogen (secondary N) is 1. The summed E-state index contributed by atoms with van der Waals surface area (Å²) < 4.78 is 69.3. The van der Waals surface area contributed by atoms with E-state index < -0.39 is 41.5 Å². The summed E-state index contributed by atoms with van der Waals surface area (Å²) in [5.74, 6) is -0.169. The lowest BCUT2D eigenvalue weighted by atomic mass is 9.79. The molecule has 206 valence electrons. The van der Waals surface area contributed by atoms with Gasteiger partial charge in [0.25, 0.3) is 12.3 Å². The van der Waals surface area contributed by atoms with Crippen LogP contribution in [0, 0.1) is 11.3 Å². The Morgan fingerprint density at radius 2 is 1.92 bits per heavy atom. The summed E-state index contributed by atoms with van der Waals surface area (Å²) in [7, 11) is 0. The zero-order valence-electron chi connectivity index (χ0n) is 21.2. The van der Waals surface area contributed by atoms with Gasteiger partial charge in [-0.2, -0.15) is 18.3 Å². The molecule has 0 bridgehead atoms. The van der Waals surface area contributed by atoms with E-state index in [1.54, 1.807) is 6.92 Å². The number of carbonyl (C=O) groups excluding carboxylic acids is 1. The monoisotopic (exact) mass is 550 g/mol. The number of aryl methyl sites for hydroxylation is 1. The Kier molecular flexibility index (Phi) is 8.58. The van der Waals surface area contributed by atoms with E-state index in [1.165, 1.54) is 4.68 Å². The highest BCUT2D eigenvalue weighted by Crippen LogP contribution is 2.42. The van der Waals surface area contributed by atoms with Crippen LogP contribution in [-0.2, 0) is 13.0 Å². The van der Waals surface area contributed by atoms with Crippen molar-refractivity contribution in [3.8, 4) is 11.3 Å². The second kappa shape index (κ2) is 10.8. The maximum absolute atomic E-state index is 14.1. The molecule has 2 heterocycles. The van der Waals surface area contributed by atoms with E-state index >= 15 is 0 Å². The fraction of sp³-hybridized carbons (Fsp3) is 0.640. The molecule has 2 aromatic rings. The average molecular weight is 551 g/mol. The Bertz CT molecular complexity index is 1130. The second-order valence-electron chi connectivity index (χ2n) is 10.5. The molecule has 0 atom stereocenters. The normalized spacial score (nSPS) is 20.9. The molecule has 37 heavy (non-hydrogen) atoms. The molecule has 0 spiro atoms. The number of hydrogen-bond donors (Lipinski definition) is 2. The third-order valence-electron chi connectivity index (χ3n) is 7.07. The molecule has 0 aromatic carbocycles. The zero-order valence-corrected chi connectivity index (χ0v) is 22.0. The number of pyridine rings is 1. The number of aliphatic hydroxyl groups is 1. The van der Waals surface area contributed by atoms with E-state index in [0.717, 1.165) is 39.0 Å². The van der Waals surface area contributed by atoms with Crippen molar-refractivity contribution in [2.75, 3.05) is 6.54 Å². The van der Waals surface area contributed by atoms with Gasteiger partial charge in [-0.15, -0.1) is 0 Å². The van der Waals surface area contributed by atoms with Crippen LogP contribution in [0.1, 0.15) is 81.5 Å². The lowest BCUT2D eigenvalue weighted by Gasteiger charge is -2.34. The third-order valence-corrected chi connectivity index (χ3v) is 7.42. The predicted molar refractivity (Wildman–Crippen MR) is 130 cm³/mol. The van der Waals surface area contributed by atoms with Gasteiger partial charge in [0.15, 0.2) is 5.69 Å². The van der Waals surface area contributed by atoms with Crippen LogP contribution in [0.5, 0.6) is 0 Å². The summed E-state index contributed by atoms with van der Waals surface area (Å²) >= 11 is 6.47. The van der Waals surface area contributed by atoms with E-state index in [1.807, 2.05) is 0 Å². The van der Waals surface area contributed by atoms with Gasteiger partial charge in [0.1, 0.15) is 0 Å². The standard InChI is InChI=1S/C25H32ClF5N4O2/c1-5-35-20(17-12-32-15(10-16(17)21(27)28)11-23(3,4)25(29,30)31)18(26)19(34-35)22(36)33-13-24(37)8-6-14(2)7-9-24/h10,12,14,21,37H,5-9,11,13H2,1-4H3,(H,33,36). The van der Waals surface area contributed by atoms with Crippen LogP contribution < -0.4 is 5.32 Å². The molecule has 1 fully saturated rings. The fourth-order valence-electron chi connectivity index (χ4n) is 4.42. The topological polar surface area (TPSA) is 80.0 Å². The number of nitrogens with zero attached hydrogens (tertiary/aromatic N) is 3. The Labute approximate surface area is 217 Å². The smallest absolute Gasteiger partial charge is 0.388 e. The molecule has 6 nitrogen and oxygen atoms in total. The van der Waals surface area contributed by atoms with Crippen molar-refractivity contribution in [1.82, 2.24) is 20.1 Å². The summed E-state index contributed by atoms with van der Waals surface area (Å²) in [4.78, 5) is 16.9. The fourth-order valence-corrected chi connectivity index (χ4v) is 4.74. The first-order valence-electron chi connectivity index (χ1n) is 12.2. The molecule has 1 aliphatic rings. The van der Waals surface area contributed by atoms with Crippen LogP contribution in [0.4, 0.5) is 22.0 Å². The maximum atomic E-state index is 14.1. The van der Waals surface area contributed by atoms with Crippen LogP contribution in [0.15, 0.2) is 12.3 Å². The van der Waals surface area contributed by atoms with Crippen molar-refractivity contribution in [3.05, 3.63) is 34.2 Å². The van der Waals surface area contributed by atoms with Crippen molar-refractivity contribution in [2.24, 2.45) is 11.3 Å². The van der Waals surface area contributed by atoms with Crippen molar-refractivity contribution in [3.63, 3.8) is 0 Å². The van der Waals surface area contributed by atoms with E-state index in [4.69, 9.17) is 11.6 Å². The number of rotatable bonds is 8. The molecule has 3 rings (SSSR count). The molecule has 1 amide bonds. The van der Waals surface area contributed by atoms with Crippen LogP contribution in [0.25, 0.3) is 11.3 Å². The van der Waals surface area contributed by atoms with Crippen LogP contribution >= 0.6 is 11.6 Å². The Morgan fingerprint density at radius 1 is 1.30 bits per heavy atom. The molecule has 2 N–H and O–H groups in total. The highest BCUT2D eigenvalue weighted by molar-refractivity contribution is 6.36. The van der Waals surface area contributed by atoms with Gasteiger partial charge in [-0.25, -0.2) is 8.78 Å². The molecule has 1 aliphatic carbocycles. The molecular formula is C25H32ClF5N4O2. The zero-order chi connectivity index (χ0) is 27.8. The van der Waals surface area contributed by atoms with E-state index in [9.17, 15) is 31.9 Å². The summed E-state index contributed by atoms with van der Waals surface area (Å²) in [6.45, 7) is 5.90. The van der Waals surface area contributed by atoms with Gasteiger partial charge in [-0.05, 0) is 44.6 Å². The Hall–Kier alpha value is -2.27. The van der Waals surface area contributed by atoms with Gasteiger partial charge in [0.05, 0.1) is 21.7 Å². The lowest BCUT2D eigenvalue weighted by molar-refractivity contribution is -0.211. The summed E-state index contributed by atoms with van der Waals surface area (Å²) in [5.41, 5.74) is -4.22. The Morgan fingerprint density at radius 3 is 2.46 bits per heavy atom. The van der Waals surface area contributed by atoms with Gasteiger partial charge in [-0.3, -0.25) is 14.5 Å².